The maximum atomic E-state index is 12.9. The normalized spacial score (nSPS) is 20.0. The van der Waals surface area contributed by atoms with Crippen LogP contribution in [0.25, 0.3) is 0 Å². The molecule has 2 unspecified atom stereocenters. The number of aromatic nitrogens is 4. The average Bonchev–Trinajstić information content (AvgIpc) is 3.08. The molecule has 1 N–H and O–H groups in total. The number of piperidine rings is 1. The molecule has 2 amide bonds. The highest BCUT2D eigenvalue weighted by atomic mass is 16.2. The summed E-state index contributed by atoms with van der Waals surface area (Å²) in [5.41, 5.74) is 2.12. The Bertz CT molecular complexity index is 779. The van der Waals surface area contributed by atoms with Gasteiger partial charge in [0, 0.05) is 24.3 Å². The van der Waals surface area contributed by atoms with Crippen molar-refractivity contribution >= 4 is 17.5 Å². The van der Waals surface area contributed by atoms with Crippen LogP contribution in [0.2, 0.25) is 0 Å². The number of hydrogen-bond acceptors (Lipinski definition) is 5. The van der Waals surface area contributed by atoms with Crippen LogP contribution in [0, 0.1) is 18.8 Å². The Morgan fingerprint density at radius 1 is 1.23 bits per heavy atom. The van der Waals surface area contributed by atoms with Crippen molar-refractivity contribution in [3.05, 3.63) is 35.7 Å². The molecule has 8 heteroatoms. The SMILES string of the molecule is Cc1ccc(C(=O)N2CC(C)CC(C)C2)cc1NC(=O)Cn1cnnn1. The van der Waals surface area contributed by atoms with Crippen molar-refractivity contribution < 1.29 is 9.59 Å². The molecule has 2 atom stereocenters. The van der Waals surface area contributed by atoms with Gasteiger partial charge in [-0.3, -0.25) is 9.59 Å². The number of nitrogens with one attached hydrogen (secondary N) is 1. The van der Waals surface area contributed by atoms with Crippen LogP contribution in [0.15, 0.2) is 24.5 Å². The summed E-state index contributed by atoms with van der Waals surface area (Å²) in [7, 11) is 0. The molecule has 2 aromatic rings. The topological polar surface area (TPSA) is 93.0 Å². The zero-order valence-electron chi connectivity index (χ0n) is 15.3. The lowest BCUT2D eigenvalue weighted by Gasteiger charge is -2.35. The predicted molar refractivity (Wildman–Crippen MR) is 96.5 cm³/mol. The molecule has 26 heavy (non-hydrogen) atoms. The van der Waals surface area contributed by atoms with Crippen LogP contribution in [0.5, 0.6) is 0 Å². The number of aryl methyl sites for hydroxylation is 1. The molecule has 1 fully saturated rings. The lowest BCUT2D eigenvalue weighted by Crippen LogP contribution is -2.42. The fourth-order valence-electron chi connectivity index (χ4n) is 3.49. The van der Waals surface area contributed by atoms with Gasteiger partial charge in [-0.1, -0.05) is 19.9 Å². The second-order valence-corrected chi connectivity index (χ2v) is 7.24. The van der Waals surface area contributed by atoms with E-state index in [2.05, 4.69) is 34.7 Å². The molecule has 1 saturated heterocycles. The third-order valence-corrected chi connectivity index (χ3v) is 4.61. The lowest BCUT2D eigenvalue weighted by molar-refractivity contribution is -0.116. The largest absolute Gasteiger partial charge is 0.338 e. The average molecular weight is 356 g/mol. The third kappa shape index (κ3) is 4.25. The van der Waals surface area contributed by atoms with Gasteiger partial charge in [-0.15, -0.1) is 5.10 Å². The summed E-state index contributed by atoms with van der Waals surface area (Å²) < 4.78 is 1.34. The Hall–Kier alpha value is -2.77. The first-order valence-corrected chi connectivity index (χ1v) is 8.83. The number of rotatable bonds is 4. The predicted octanol–water partition coefficient (Wildman–Crippen LogP) is 1.74. The highest BCUT2D eigenvalue weighted by molar-refractivity contribution is 5.97. The van der Waals surface area contributed by atoms with Crippen molar-refractivity contribution in [2.45, 2.75) is 33.7 Å². The number of nitrogens with zero attached hydrogens (tertiary/aromatic N) is 5. The van der Waals surface area contributed by atoms with Crippen LogP contribution in [0.1, 0.15) is 36.2 Å². The van der Waals surface area contributed by atoms with Gasteiger partial charge in [-0.2, -0.15) is 0 Å². The number of likely N-dealkylation sites (tertiary alicyclic amines) is 1. The molecule has 0 radical (unpaired) electrons. The van der Waals surface area contributed by atoms with Gasteiger partial charge >= 0.3 is 0 Å². The second-order valence-electron chi connectivity index (χ2n) is 7.24. The summed E-state index contributed by atoms with van der Waals surface area (Å²) in [5, 5.41) is 13.5. The number of hydrogen-bond donors (Lipinski definition) is 1. The number of anilines is 1. The minimum atomic E-state index is -0.245. The Labute approximate surface area is 152 Å². The minimum Gasteiger partial charge on any atom is -0.338 e. The van der Waals surface area contributed by atoms with E-state index in [9.17, 15) is 9.59 Å². The summed E-state index contributed by atoms with van der Waals surface area (Å²) in [6.07, 6.45) is 2.53. The van der Waals surface area contributed by atoms with Gasteiger partial charge in [-0.05, 0) is 53.3 Å². The van der Waals surface area contributed by atoms with Gasteiger partial charge in [0.15, 0.2) is 0 Å². The molecule has 1 aliphatic heterocycles. The van der Waals surface area contributed by atoms with Crippen LogP contribution in [-0.4, -0.2) is 50.0 Å². The highest BCUT2D eigenvalue weighted by Crippen LogP contribution is 2.24. The van der Waals surface area contributed by atoms with E-state index in [-0.39, 0.29) is 18.4 Å². The molecule has 0 spiro atoms. The van der Waals surface area contributed by atoms with E-state index < -0.39 is 0 Å². The number of benzene rings is 1. The molecular weight excluding hydrogens is 332 g/mol. The number of carbonyl (C=O) groups is 2. The number of amides is 2. The molecule has 0 bridgehead atoms. The van der Waals surface area contributed by atoms with E-state index in [0.717, 1.165) is 25.1 Å². The first-order valence-electron chi connectivity index (χ1n) is 8.83. The molecule has 3 rings (SSSR count). The zero-order valence-corrected chi connectivity index (χ0v) is 15.3. The van der Waals surface area contributed by atoms with Gasteiger partial charge in [0.2, 0.25) is 5.91 Å². The van der Waals surface area contributed by atoms with Gasteiger partial charge < -0.3 is 10.2 Å². The summed E-state index contributed by atoms with van der Waals surface area (Å²) in [5.74, 6) is 0.775. The van der Waals surface area contributed by atoms with Crippen molar-refractivity contribution in [1.82, 2.24) is 25.1 Å². The zero-order chi connectivity index (χ0) is 18.7. The molecule has 138 valence electrons. The first-order chi connectivity index (χ1) is 12.4. The van der Waals surface area contributed by atoms with Gasteiger partial charge in [0.1, 0.15) is 12.9 Å². The Balaban J connectivity index is 1.72. The van der Waals surface area contributed by atoms with E-state index >= 15 is 0 Å². The maximum absolute atomic E-state index is 12.9. The van der Waals surface area contributed by atoms with Crippen LogP contribution in [0.3, 0.4) is 0 Å². The number of tetrazole rings is 1. The maximum Gasteiger partial charge on any atom is 0.253 e. The van der Waals surface area contributed by atoms with Gasteiger partial charge in [0.25, 0.3) is 5.91 Å². The van der Waals surface area contributed by atoms with Gasteiger partial charge in [0.05, 0.1) is 0 Å². The summed E-state index contributed by atoms with van der Waals surface area (Å²) >= 11 is 0. The van der Waals surface area contributed by atoms with E-state index in [1.807, 2.05) is 24.0 Å². The fraction of sp³-hybridized carbons (Fsp3) is 0.500. The molecule has 8 nitrogen and oxygen atoms in total. The molecule has 0 saturated carbocycles. The highest BCUT2D eigenvalue weighted by Gasteiger charge is 2.26. The van der Waals surface area contributed by atoms with E-state index in [1.165, 1.54) is 11.0 Å². The van der Waals surface area contributed by atoms with Crippen molar-refractivity contribution in [2.75, 3.05) is 18.4 Å². The summed E-state index contributed by atoms with van der Waals surface area (Å²) in [6, 6.07) is 5.42. The first kappa shape index (κ1) is 18.0. The lowest BCUT2D eigenvalue weighted by atomic mass is 9.91. The number of carbonyl (C=O) groups excluding carboxylic acids is 2. The molecular formula is C18H24N6O2. The third-order valence-electron chi connectivity index (χ3n) is 4.61. The van der Waals surface area contributed by atoms with Crippen LogP contribution < -0.4 is 5.32 Å². The minimum absolute atomic E-state index is 0.0133. The molecule has 0 aliphatic carbocycles. The van der Waals surface area contributed by atoms with Crippen LogP contribution in [0.4, 0.5) is 5.69 Å². The molecule has 1 aromatic carbocycles. The van der Waals surface area contributed by atoms with Crippen LogP contribution in [-0.2, 0) is 11.3 Å². The second kappa shape index (κ2) is 7.63. The smallest absolute Gasteiger partial charge is 0.253 e. The van der Waals surface area contributed by atoms with E-state index in [4.69, 9.17) is 0 Å². The molecule has 1 aliphatic rings. The standard InChI is InChI=1S/C18H24N6O2/c1-12-6-13(2)9-23(8-12)18(26)15-5-4-14(3)16(7-15)20-17(25)10-24-11-19-21-22-24/h4-5,7,11-13H,6,8-10H2,1-3H3,(H,20,25). The Morgan fingerprint density at radius 2 is 1.96 bits per heavy atom. The van der Waals surface area contributed by atoms with Crippen molar-refractivity contribution in [3.63, 3.8) is 0 Å². The van der Waals surface area contributed by atoms with Crippen molar-refractivity contribution in [2.24, 2.45) is 11.8 Å². The van der Waals surface area contributed by atoms with Crippen molar-refractivity contribution in [3.8, 4) is 0 Å². The summed E-state index contributed by atoms with van der Waals surface area (Å²) in [4.78, 5) is 27.0. The fourth-order valence-corrected chi connectivity index (χ4v) is 3.49. The Kier molecular flexibility index (Phi) is 5.29. The molecule has 2 heterocycles. The quantitative estimate of drug-likeness (QED) is 0.901. The van der Waals surface area contributed by atoms with Crippen LogP contribution >= 0.6 is 0 Å². The van der Waals surface area contributed by atoms with Gasteiger partial charge in [-0.25, -0.2) is 4.68 Å². The summed E-state index contributed by atoms with van der Waals surface area (Å²) in [6.45, 7) is 7.82. The Morgan fingerprint density at radius 3 is 2.62 bits per heavy atom. The molecule has 1 aromatic heterocycles. The van der Waals surface area contributed by atoms with E-state index in [1.54, 1.807) is 6.07 Å². The van der Waals surface area contributed by atoms with Crippen molar-refractivity contribution in [1.29, 1.82) is 0 Å². The monoisotopic (exact) mass is 356 g/mol. The van der Waals surface area contributed by atoms with E-state index in [0.29, 0.717) is 23.1 Å².